The van der Waals surface area contributed by atoms with Crippen LogP contribution in [0.25, 0.3) is 0 Å². The minimum absolute atomic E-state index is 0.196. The molecule has 1 rings (SSSR count). The summed E-state index contributed by atoms with van der Waals surface area (Å²) in [5.41, 5.74) is 1.68. The van der Waals surface area contributed by atoms with Gasteiger partial charge in [0.2, 0.25) is 0 Å². The predicted molar refractivity (Wildman–Crippen MR) is 90.2 cm³/mol. The summed E-state index contributed by atoms with van der Waals surface area (Å²) in [5, 5.41) is 3.68. The Morgan fingerprint density at radius 3 is 2.05 bits per heavy atom. The Kier molecular flexibility index (Phi) is 7.29. The summed E-state index contributed by atoms with van der Waals surface area (Å²) in [6, 6.07) is 11.0. The molecule has 1 atom stereocenters. The zero-order valence-corrected chi connectivity index (χ0v) is 14.1. The van der Waals surface area contributed by atoms with E-state index in [1.165, 1.54) is 31.2 Å². The van der Waals surface area contributed by atoms with Gasteiger partial charge in [0.15, 0.2) is 0 Å². The second kappa shape index (κ2) is 8.46. The van der Waals surface area contributed by atoms with E-state index in [-0.39, 0.29) is 5.54 Å². The van der Waals surface area contributed by atoms with Gasteiger partial charge in [-0.25, -0.2) is 0 Å². The van der Waals surface area contributed by atoms with Gasteiger partial charge in [-0.15, -0.1) is 0 Å². The molecule has 0 aromatic heterocycles. The lowest BCUT2D eigenvalue weighted by molar-refractivity contribution is 0.370. The monoisotopic (exact) mass is 275 g/mol. The highest BCUT2D eigenvalue weighted by Gasteiger charge is 2.17. The van der Waals surface area contributed by atoms with E-state index in [0.29, 0.717) is 5.92 Å². The number of benzene rings is 1. The highest BCUT2D eigenvalue weighted by molar-refractivity contribution is 5.20. The van der Waals surface area contributed by atoms with E-state index in [0.717, 1.165) is 12.5 Å². The van der Waals surface area contributed by atoms with Gasteiger partial charge in [0.25, 0.3) is 0 Å². The lowest BCUT2D eigenvalue weighted by Crippen LogP contribution is -2.38. The highest BCUT2D eigenvalue weighted by Crippen LogP contribution is 2.26. The van der Waals surface area contributed by atoms with Crippen molar-refractivity contribution in [2.75, 3.05) is 6.54 Å². The van der Waals surface area contributed by atoms with Crippen molar-refractivity contribution in [3.8, 4) is 0 Å². The maximum absolute atomic E-state index is 3.68. The first-order valence-corrected chi connectivity index (χ1v) is 8.26. The minimum Gasteiger partial charge on any atom is -0.311 e. The van der Waals surface area contributed by atoms with Gasteiger partial charge in [0.1, 0.15) is 0 Å². The van der Waals surface area contributed by atoms with Crippen LogP contribution >= 0.6 is 0 Å². The van der Waals surface area contributed by atoms with Crippen LogP contribution in [0.2, 0.25) is 0 Å². The molecule has 0 aliphatic heterocycles. The zero-order chi connectivity index (χ0) is 15.0. The SMILES string of the molecule is CCC(CC)CCC(CNC(C)(C)C)c1ccccc1. The topological polar surface area (TPSA) is 12.0 Å². The summed E-state index contributed by atoms with van der Waals surface area (Å²) in [5.74, 6) is 1.52. The van der Waals surface area contributed by atoms with Gasteiger partial charge in [0.05, 0.1) is 0 Å². The Bertz CT molecular complexity index is 346. The maximum Gasteiger partial charge on any atom is 0.00967 e. The van der Waals surface area contributed by atoms with Crippen LogP contribution < -0.4 is 5.32 Å². The Hall–Kier alpha value is -0.820. The molecule has 1 nitrogen and oxygen atoms in total. The lowest BCUT2D eigenvalue weighted by atomic mass is 9.88. The summed E-state index contributed by atoms with van der Waals surface area (Å²) in [6.45, 7) is 12.5. The molecule has 0 saturated carbocycles. The van der Waals surface area contributed by atoms with Crippen LogP contribution in [0, 0.1) is 5.92 Å². The summed E-state index contributed by atoms with van der Waals surface area (Å²) in [4.78, 5) is 0. The minimum atomic E-state index is 0.196. The van der Waals surface area contributed by atoms with Crippen molar-refractivity contribution in [2.45, 2.75) is 71.8 Å². The fourth-order valence-electron chi connectivity index (χ4n) is 2.67. The molecule has 1 aromatic carbocycles. The smallest absolute Gasteiger partial charge is 0.00967 e. The number of rotatable bonds is 8. The molecule has 0 aliphatic carbocycles. The van der Waals surface area contributed by atoms with Gasteiger partial charge >= 0.3 is 0 Å². The molecule has 0 spiro atoms. The second-order valence-electron chi connectivity index (χ2n) is 7.00. The summed E-state index contributed by atoms with van der Waals surface area (Å²) < 4.78 is 0. The van der Waals surface area contributed by atoms with Crippen molar-refractivity contribution in [1.29, 1.82) is 0 Å². The molecule has 20 heavy (non-hydrogen) atoms. The van der Waals surface area contributed by atoms with Crippen LogP contribution in [0.4, 0.5) is 0 Å². The van der Waals surface area contributed by atoms with Gasteiger partial charge in [-0.1, -0.05) is 57.0 Å². The van der Waals surface area contributed by atoms with Crippen molar-refractivity contribution in [3.63, 3.8) is 0 Å². The van der Waals surface area contributed by atoms with Crippen LogP contribution in [0.1, 0.15) is 71.8 Å². The maximum atomic E-state index is 3.68. The first-order chi connectivity index (χ1) is 9.46. The molecule has 1 unspecified atom stereocenters. The Balaban J connectivity index is 2.65. The lowest BCUT2D eigenvalue weighted by Gasteiger charge is -2.26. The third-order valence-electron chi connectivity index (χ3n) is 4.23. The highest BCUT2D eigenvalue weighted by atomic mass is 14.9. The molecule has 0 bridgehead atoms. The number of hydrogen-bond donors (Lipinski definition) is 1. The quantitative estimate of drug-likeness (QED) is 0.672. The van der Waals surface area contributed by atoms with Crippen LogP contribution in [-0.2, 0) is 0 Å². The van der Waals surface area contributed by atoms with E-state index in [2.05, 4.69) is 70.3 Å². The summed E-state index contributed by atoms with van der Waals surface area (Å²) >= 11 is 0. The Morgan fingerprint density at radius 1 is 0.950 bits per heavy atom. The number of hydrogen-bond acceptors (Lipinski definition) is 1. The van der Waals surface area contributed by atoms with Gasteiger partial charge in [-0.3, -0.25) is 0 Å². The molecule has 1 N–H and O–H groups in total. The molecule has 0 saturated heterocycles. The van der Waals surface area contributed by atoms with Crippen LogP contribution in [0.15, 0.2) is 30.3 Å². The van der Waals surface area contributed by atoms with Crippen molar-refractivity contribution in [2.24, 2.45) is 5.92 Å². The summed E-state index contributed by atoms with van der Waals surface area (Å²) in [7, 11) is 0. The normalized spacial score (nSPS) is 13.7. The van der Waals surface area contributed by atoms with Gasteiger partial charge in [-0.2, -0.15) is 0 Å². The average Bonchev–Trinajstić information content (AvgIpc) is 2.43. The van der Waals surface area contributed by atoms with E-state index >= 15 is 0 Å². The molecule has 1 aromatic rings. The molecule has 0 amide bonds. The third kappa shape index (κ3) is 6.56. The molecule has 114 valence electrons. The number of nitrogens with one attached hydrogen (secondary N) is 1. The first kappa shape index (κ1) is 17.2. The Morgan fingerprint density at radius 2 is 1.55 bits per heavy atom. The predicted octanol–water partition coefficient (Wildman–Crippen LogP) is 5.37. The first-order valence-electron chi connectivity index (χ1n) is 8.26. The van der Waals surface area contributed by atoms with E-state index < -0.39 is 0 Å². The fraction of sp³-hybridized carbons (Fsp3) is 0.684. The molecule has 1 heteroatoms. The van der Waals surface area contributed by atoms with E-state index in [1.807, 2.05) is 0 Å². The van der Waals surface area contributed by atoms with Crippen molar-refractivity contribution >= 4 is 0 Å². The second-order valence-corrected chi connectivity index (χ2v) is 7.00. The summed E-state index contributed by atoms with van der Waals surface area (Å²) in [6.07, 6.45) is 5.26. The molecule has 0 aliphatic rings. The fourth-order valence-corrected chi connectivity index (χ4v) is 2.67. The van der Waals surface area contributed by atoms with Crippen LogP contribution in [-0.4, -0.2) is 12.1 Å². The van der Waals surface area contributed by atoms with Crippen molar-refractivity contribution < 1.29 is 0 Å². The Labute approximate surface area is 126 Å². The van der Waals surface area contributed by atoms with Crippen LogP contribution in [0.5, 0.6) is 0 Å². The standard InChI is InChI=1S/C19H33N/c1-6-16(7-2)13-14-18(15-20-19(3,4)5)17-11-9-8-10-12-17/h8-12,16,18,20H,6-7,13-15H2,1-5H3. The molecule has 0 heterocycles. The molecular weight excluding hydrogens is 242 g/mol. The van der Waals surface area contributed by atoms with Crippen LogP contribution in [0.3, 0.4) is 0 Å². The molecular formula is C19H33N. The average molecular weight is 275 g/mol. The van der Waals surface area contributed by atoms with Gasteiger partial charge < -0.3 is 5.32 Å². The third-order valence-corrected chi connectivity index (χ3v) is 4.23. The molecule has 0 fully saturated rings. The van der Waals surface area contributed by atoms with E-state index in [1.54, 1.807) is 0 Å². The van der Waals surface area contributed by atoms with E-state index in [9.17, 15) is 0 Å². The van der Waals surface area contributed by atoms with Crippen molar-refractivity contribution in [3.05, 3.63) is 35.9 Å². The largest absolute Gasteiger partial charge is 0.311 e. The van der Waals surface area contributed by atoms with Crippen molar-refractivity contribution in [1.82, 2.24) is 5.32 Å². The molecule has 0 radical (unpaired) electrons. The van der Waals surface area contributed by atoms with Gasteiger partial charge in [0, 0.05) is 12.1 Å². The van der Waals surface area contributed by atoms with E-state index in [4.69, 9.17) is 0 Å². The van der Waals surface area contributed by atoms with Gasteiger partial charge in [-0.05, 0) is 51.0 Å². The zero-order valence-electron chi connectivity index (χ0n) is 14.1.